The molecule has 0 saturated heterocycles. The van der Waals surface area contributed by atoms with E-state index in [0.29, 0.717) is 0 Å². The van der Waals surface area contributed by atoms with Crippen molar-refractivity contribution in [2.75, 3.05) is 0 Å². The third kappa shape index (κ3) is 2.42. The van der Waals surface area contributed by atoms with Crippen LogP contribution in [0.2, 0.25) is 0 Å². The van der Waals surface area contributed by atoms with Crippen LogP contribution >= 0.6 is 0 Å². The summed E-state index contributed by atoms with van der Waals surface area (Å²) >= 11 is 0. The lowest BCUT2D eigenvalue weighted by Gasteiger charge is -2.01. The smallest absolute Gasteiger partial charge is 0.195 e. The molecular formula is C14H13F3O. The Hall–Kier alpha value is -1.71. The number of aryl methyl sites for hydroxylation is 1. The number of benzene rings is 1. The number of halogens is 3. The van der Waals surface area contributed by atoms with Gasteiger partial charge in [0.2, 0.25) is 0 Å². The van der Waals surface area contributed by atoms with Crippen molar-refractivity contribution >= 4 is 0 Å². The molecule has 0 atom stereocenters. The zero-order valence-electron chi connectivity index (χ0n) is 9.97. The predicted molar refractivity (Wildman–Crippen MR) is 62.6 cm³/mol. The highest BCUT2D eigenvalue weighted by Gasteiger charge is 2.16. The Bertz CT molecular complexity index is 546. The first-order chi connectivity index (χ1) is 8.63. The first-order valence-corrected chi connectivity index (χ1v) is 5.86. The summed E-state index contributed by atoms with van der Waals surface area (Å²) in [5.41, 5.74) is -0.0587. The number of unbranched alkanes of at least 4 members (excludes halogenated alkanes) is 1. The second-order valence-corrected chi connectivity index (χ2v) is 4.09. The minimum absolute atomic E-state index is 0.0587. The van der Waals surface area contributed by atoms with Gasteiger partial charge in [-0.25, -0.2) is 13.2 Å². The molecule has 18 heavy (non-hydrogen) atoms. The van der Waals surface area contributed by atoms with Gasteiger partial charge in [0.05, 0.1) is 5.56 Å². The molecule has 0 aliphatic heterocycles. The Balaban J connectivity index is 2.31. The van der Waals surface area contributed by atoms with E-state index in [4.69, 9.17) is 4.42 Å². The molecule has 2 rings (SSSR count). The summed E-state index contributed by atoms with van der Waals surface area (Å²) in [5.74, 6) is -2.95. The first kappa shape index (κ1) is 12.7. The quantitative estimate of drug-likeness (QED) is 0.720. The standard InChI is InChI=1S/C14H13F3O/c1-2-3-4-9-5-8-12(18-9)10-6-7-11(15)14(17)13(10)16/h5-8H,2-4H2,1H3. The second kappa shape index (κ2) is 5.29. The van der Waals surface area contributed by atoms with Gasteiger partial charge in [-0.1, -0.05) is 13.3 Å². The SMILES string of the molecule is CCCCc1ccc(-c2ccc(F)c(F)c2F)o1. The van der Waals surface area contributed by atoms with Crippen LogP contribution in [0.5, 0.6) is 0 Å². The van der Waals surface area contributed by atoms with Crippen LogP contribution in [0, 0.1) is 17.5 Å². The summed E-state index contributed by atoms with van der Waals surface area (Å²) in [4.78, 5) is 0. The van der Waals surface area contributed by atoms with E-state index in [9.17, 15) is 13.2 Å². The Morgan fingerprint density at radius 1 is 1.00 bits per heavy atom. The van der Waals surface area contributed by atoms with E-state index in [1.807, 2.05) is 0 Å². The fourth-order valence-corrected chi connectivity index (χ4v) is 1.72. The molecule has 0 aliphatic carbocycles. The Morgan fingerprint density at radius 3 is 2.50 bits per heavy atom. The van der Waals surface area contributed by atoms with Gasteiger partial charge in [0.25, 0.3) is 0 Å². The molecule has 1 nitrogen and oxygen atoms in total. The van der Waals surface area contributed by atoms with Crippen LogP contribution in [-0.2, 0) is 6.42 Å². The molecule has 1 heterocycles. The highest BCUT2D eigenvalue weighted by atomic mass is 19.2. The molecule has 0 aliphatic rings. The number of hydrogen-bond donors (Lipinski definition) is 0. The molecule has 0 amide bonds. The highest BCUT2D eigenvalue weighted by Crippen LogP contribution is 2.28. The van der Waals surface area contributed by atoms with Gasteiger partial charge in [-0.05, 0) is 30.7 Å². The van der Waals surface area contributed by atoms with E-state index >= 15 is 0 Å². The van der Waals surface area contributed by atoms with Crippen molar-refractivity contribution in [3.8, 4) is 11.3 Å². The lowest BCUT2D eigenvalue weighted by molar-refractivity contribution is 0.444. The number of hydrogen-bond acceptors (Lipinski definition) is 1. The summed E-state index contributed by atoms with van der Waals surface area (Å²) in [5, 5.41) is 0. The van der Waals surface area contributed by atoms with Gasteiger partial charge in [0.15, 0.2) is 17.5 Å². The van der Waals surface area contributed by atoms with Gasteiger partial charge in [0, 0.05) is 6.42 Å². The molecule has 0 unspecified atom stereocenters. The van der Waals surface area contributed by atoms with Gasteiger partial charge in [-0.2, -0.15) is 0 Å². The van der Waals surface area contributed by atoms with Crippen LogP contribution in [0.1, 0.15) is 25.5 Å². The Morgan fingerprint density at radius 2 is 1.78 bits per heavy atom. The maximum absolute atomic E-state index is 13.5. The average molecular weight is 254 g/mol. The van der Waals surface area contributed by atoms with Crippen molar-refractivity contribution in [2.24, 2.45) is 0 Å². The van der Waals surface area contributed by atoms with Gasteiger partial charge < -0.3 is 4.42 Å². The molecule has 0 spiro atoms. The van der Waals surface area contributed by atoms with Crippen molar-refractivity contribution in [3.63, 3.8) is 0 Å². The number of rotatable bonds is 4. The molecule has 0 N–H and O–H groups in total. The minimum Gasteiger partial charge on any atom is -0.461 e. The summed E-state index contributed by atoms with van der Waals surface area (Å²) in [6.07, 6.45) is 2.74. The van der Waals surface area contributed by atoms with Crippen LogP contribution < -0.4 is 0 Å². The molecule has 96 valence electrons. The van der Waals surface area contributed by atoms with E-state index in [2.05, 4.69) is 6.92 Å². The molecule has 1 aromatic carbocycles. The maximum atomic E-state index is 13.5. The van der Waals surface area contributed by atoms with Gasteiger partial charge >= 0.3 is 0 Å². The molecular weight excluding hydrogens is 241 g/mol. The van der Waals surface area contributed by atoms with Crippen molar-refractivity contribution in [2.45, 2.75) is 26.2 Å². The molecule has 0 saturated carbocycles. The van der Waals surface area contributed by atoms with Crippen LogP contribution in [0.3, 0.4) is 0 Å². The van der Waals surface area contributed by atoms with E-state index < -0.39 is 17.5 Å². The second-order valence-electron chi connectivity index (χ2n) is 4.09. The van der Waals surface area contributed by atoms with E-state index in [0.717, 1.165) is 31.1 Å². The Kier molecular flexibility index (Phi) is 3.75. The van der Waals surface area contributed by atoms with Crippen molar-refractivity contribution in [1.29, 1.82) is 0 Å². The topological polar surface area (TPSA) is 13.1 Å². The Labute approximate surface area is 103 Å². The fraction of sp³-hybridized carbons (Fsp3) is 0.286. The highest BCUT2D eigenvalue weighted by molar-refractivity contribution is 5.58. The summed E-state index contributed by atoms with van der Waals surface area (Å²) in [6.45, 7) is 2.05. The van der Waals surface area contributed by atoms with Crippen molar-refractivity contribution < 1.29 is 17.6 Å². The average Bonchev–Trinajstić information content (AvgIpc) is 2.82. The molecule has 0 fully saturated rings. The van der Waals surface area contributed by atoms with Gasteiger partial charge in [-0.3, -0.25) is 0 Å². The zero-order valence-corrected chi connectivity index (χ0v) is 9.97. The largest absolute Gasteiger partial charge is 0.461 e. The lowest BCUT2D eigenvalue weighted by Crippen LogP contribution is -1.92. The van der Waals surface area contributed by atoms with Crippen LogP contribution in [-0.4, -0.2) is 0 Å². The van der Waals surface area contributed by atoms with Gasteiger partial charge in [-0.15, -0.1) is 0 Å². The maximum Gasteiger partial charge on any atom is 0.195 e. The summed E-state index contributed by atoms with van der Waals surface area (Å²) < 4.78 is 44.8. The number of furan rings is 1. The minimum atomic E-state index is -1.47. The molecule has 4 heteroatoms. The van der Waals surface area contributed by atoms with Crippen molar-refractivity contribution in [1.82, 2.24) is 0 Å². The van der Waals surface area contributed by atoms with Gasteiger partial charge in [0.1, 0.15) is 11.5 Å². The van der Waals surface area contributed by atoms with E-state index in [1.54, 1.807) is 12.1 Å². The zero-order chi connectivity index (χ0) is 13.1. The molecule has 1 aromatic heterocycles. The van der Waals surface area contributed by atoms with E-state index in [-0.39, 0.29) is 11.3 Å². The third-order valence-corrected chi connectivity index (χ3v) is 2.74. The fourth-order valence-electron chi connectivity index (χ4n) is 1.72. The predicted octanol–water partition coefficient (Wildman–Crippen LogP) is 4.71. The van der Waals surface area contributed by atoms with Crippen LogP contribution in [0.4, 0.5) is 13.2 Å². The van der Waals surface area contributed by atoms with E-state index in [1.165, 1.54) is 6.07 Å². The molecule has 2 aromatic rings. The summed E-state index contributed by atoms with van der Waals surface area (Å²) in [6, 6.07) is 5.37. The molecule has 0 radical (unpaired) electrons. The molecule has 0 bridgehead atoms. The normalized spacial score (nSPS) is 10.9. The van der Waals surface area contributed by atoms with Crippen LogP contribution in [0.25, 0.3) is 11.3 Å². The summed E-state index contributed by atoms with van der Waals surface area (Å²) in [7, 11) is 0. The monoisotopic (exact) mass is 254 g/mol. The van der Waals surface area contributed by atoms with Crippen LogP contribution in [0.15, 0.2) is 28.7 Å². The first-order valence-electron chi connectivity index (χ1n) is 5.86. The van der Waals surface area contributed by atoms with Crippen molar-refractivity contribution in [3.05, 3.63) is 47.5 Å². The third-order valence-electron chi connectivity index (χ3n) is 2.74. The lowest BCUT2D eigenvalue weighted by atomic mass is 10.1.